The SMILES string of the molecule is O=C(O)Cn1ncc2cc(N3C(=O)[C@H](CC[C@H](O)c4ccc(F)cc4)[C@H]3c3ccc(O)cc3)ccc21. The molecule has 1 saturated heterocycles. The molecule has 3 N–H and O–H groups in total. The fourth-order valence-electron chi connectivity index (χ4n) is 4.84. The van der Waals surface area contributed by atoms with Crippen molar-refractivity contribution in [3.05, 3.63) is 89.9 Å². The van der Waals surface area contributed by atoms with Crippen molar-refractivity contribution in [1.29, 1.82) is 0 Å². The predicted molar refractivity (Wildman–Crippen MR) is 130 cm³/mol. The van der Waals surface area contributed by atoms with Crippen LogP contribution in [0.5, 0.6) is 5.75 Å². The summed E-state index contributed by atoms with van der Waals surface area (Å²) < 4.78 is 14.6. The van der Waals surface area contributed by atoms with Gasteiger partial charge in [0.05, 0.1) is 29.8 Å². The maximum atomic E-state index is 13.3. The topological polar surface area (TPSA) is 116 Å². The number of carboxylic acid groups (broad SMARTS) is 1. The number of phenolic OH excluding ortho intramolecular Hbond substituents is 1. The highest BCUT2D eigenvalue weighted by molar-refractivity contribution is 6.04. The van der Waals surface area contributed by atoms with Gasteiger partial charge in [0, 0.05) is 11.1 Å². The number of carboxylic acids is 1. The van der Waals surface area contributed by atoms with Crippen LogP contribution in [0, 0.1) is 11.7 Å². The molecule has 0 radical (unpaired) electrons. The number of carbonyl (C=O) groups is 2. The number of aliphatic hydroxyl groups excluding tert-OH is 1. The molecule has 3 atom stereocenters. The van der Waals surface area contributed by atoms with Crippen LogP contribution < -0.4 is 4.90 Å². The number of aliphatic carboxylic acids is 1. The van der Waals surface area contributed by atoms with Crippen LogP contribution in [-0.4, -0.2) is 37.0 Å². The van der Waals surface area contributed by atoms with Gasteiger partial charge in [-0.2, -0.15) is 5.10 Å². The summed E-state index contributed by atoms with van der Waals surface area (Å²) in [5.41, 5.74) is 2.73. The first kappa shape index (κ1) is 23.5. The minimum absolute atomic E-state index is 0.100. The zero-order chi connectivity index (χ0) is 25.4. The molecule has 184 valence electrons. The lowest BCUT2D eigenvalue weighted by atomic mass is 9.78. The second-order valence-corrected chi connectivity index (χ2v) is 8.93. The third kappa shape index (κ3) is 4.40. The van der Waals surface area contributed by atoms with Gasteiger partial charge in [-0.05, 0) is 66.4 Å². The van der Waals surface area contributed by atoms with E-state index in [-0.39, 0.29) is 30.1 Å². The van der Waals surface area contributed by atoms with Crippen molar-refractivity contribution in [2.24, 2.45) is 5.92 Å². The van der Waals surface area contributed by atoms with E-state index in [9.17, 15) is 24.2 Å². The number of halogens is 1. The second kappa shape index (κ2) is 9.43. The van der Waals surface area contributed by atoms with Gasteiger partial charge in [0.25, 0.3) is 0 Å². The summed E-state index contributed by atoms with van der Waals surface area (Å²) >= 11 is 0. The maximum Gasteiger partial charge on any atom is 0.325 e. The van der Waals surface area contributed by atoms with Crippen molar-refractivity contribution in [1.82, 2.24) is 9.78 Å². The molecular weight excluding hydrogens is 465 g/mol. The number of benzene rings is 3. The fraction of sp³-hybridized carbons (Fsp3) is 0.222. The van der Waals surface area contributed by atoms with Gasteiger partial charge < -0.3 is 20.2 Å². The number of hydrogen-bond donors (Lipinski definition) is 3. The van der Waals surface area contributed by atoms with Crippen molar-refractivity contribution < 1.29 is 29.3 Å². The number of aromatic nitrogens is 2. The Morgan fingerprint density at radius 2 is 1.78 bits per heavy atom. The van der Waals surface area contributed by atoms with Gasteiger partial charge in [0.2, 0.25) is 5.91 Å². The highest BCUT2D eigenvalue weighted by Crippen LogP contribution is 2.47. The molecule has 3 aromatic carbocycles. The zero-order valence-electron chi connectivity index (χ0n) is 19.2. The molecule has 8 nitrogen and oxygen atoms in total. The number of fused-ring (bicyclic) bond motifs is 1. The normalized spacial score (nSPS) is 18.3. The Bertz CT molecular complexity index is 1420. The standard InChI is InChI=1S/C27H24FN3O5/c28-19-5-1-16(2-6-19)24(33)12-10-22-26(17-3-8-21(32)9-4-17)31(27(22)36)20-7-11-23-18(13-20)14-29-30(23)15-25(34)35/h1-9,11,13-14,22,24,26,32-33H,10,12,15H2,(H,34,35)/t22-,24+,26-/m1/s1. The van der Waals surface area contributed by atoms with Gasteiger partial charge in [0.15, 0.2) is 0 Å². The summed E-state index contributed by atoms with van der Waals surface area (Å²) in [5, 5.41) is 34.3. The van der Waals surface area contributed by atoms with Gasteiger partial charge in [-0.3, -0.25) is 14.3 Å². The van der Waals surface area contributed by atoms with Gasteiger partial charge >= 0.3 is 5.97 Å². The van der Waals surface area contributed by atoms with E-state index in [1.54, 1.807) is 53.6 Å². The molecule has 2 heterocycles. The van der Waals surface area contributed by atoms with E-state index in [2.05, 4.69) is 5.10 Å². The molecule has 1 aromatic heterocycles. The molecule has 5 rings (SSSR count). The molecule has 0 aliphatic carbocycles. The fourth-order valence-corrected chi connectivity index (χ4v) is 4.84. The Balaban J connectivity index is 1.41. The summed E-state index contributed by atoms with van der Waals surface area (Å²) in [5.74, 6) is -1.76. The Labute approximate surface area is 205 Å². The number of phenols is 1. The van der Waals surface area contributed by atoms with Gasteiger partial charge in [0.1, 0.15) is 18.1 Å². The lowest BCUT2D eigenvalue weighted by Gasteiger charge is -2.48. The van der Waals surface area contributed by atoms with Crippen LogP contribution in [0.2, 0.25) is 0 Å². The lowest BCUT2D eigenvalue weighted by Crippen LogP contribution is -2.55. The van der Waals surface area contributed by atoms with Crippen molar-refractivity contribution in [2.75, 3.05) is 4.90 Å². The van der Waals surface area contributed by atoms with Crippen LogP contribution in [0.3, 0.4) is 0 Å². The summed E-state index contributed by atoms with van der Waals surface area (Å²) in [6.45, 7) is -0.264. The highest BCUT2D eigenvalue weighted by atomic mass is 19.1. The highest BCUT2D eigenvalue weighted by Gasteiger charge is 2.48. The summed E-state index contributed by atoms with van der Waals surface area (Å²) in [6.07, 6.45) is 1.48. The van der Waals surface area contributed by atoms with Gasteiger partial charge in [-0.1, -0.05) is 24.3 Å². The number of rotatable bonds is 8. The number of hydrogen-bond acceptors (Lipinski definition) is 5. The van der Waals surface area contributed by atoms with Crippen LogP contribution >= 0.6 is 0 Å². The monoisotopic (exact) mass is 489 g/mol. The lowest BCUT2D eigenvalue weighted by molar-refractivity contribution is -0.137. The number of amides is 1. The van der Waals surface area contributed by atoms with Crippen molar-refractivity contribution >= 4 is 28.5 Å². The predicted octanol–water partition coefficient (Wildman–Crippen LogP) is 4.18. The average molecular weight is 490 g/mol. The number of aromatic hydroxyl groups is 1. The van der Waals surface area contributed by atoms with E-state index in [1.165, 1.54) is 28.9 Å². The van der Waals surface area contributed by atoms with Crippen molar-refractivity contribution in [3.63, 3.8) is 0 Å². The van der Waals surface area contributed by atoms with Crippen molar-refractivity contribution in [2.45, 2.75) is 31.5 Å². The van der Waals surface area contributed by atoms with E-state index < -0.39 is 18.0 Å². The van der Waals surface area contributed by atoms with E-state index in [1.807, 2.05) is 0 Å². The van der Waals surface area contributed by atoms with E-state index in [0.717, 1.165) is 5.56 Å². The molecule has 1 amide bonds. The maximum absolute atomic E-state index is 13.3. The van der Waals surface area contributed by atoms with Gasteiger partial charge in [-0.25, -0.2) is 4.39 Å². The molecule has 4 aromatic rings. The molecule has 0 spiro atoms. The molecule has 36 heavy (non-hydrogen) atoms. The first-order valence-corrected chi connectivity index (χ1v) is 11.5. The third-order valence-corrected chi connectivity index (χ3v) is 6.64. The minimum Gasteiger partial charge on any atom is -0.508 e. The minimum atomic E-state index is -1.000. The average Bonchev–Trinajstić information content (AvgIpc) is 3.25. The van der Waals surface area contributed by atoms with Crippen LogP contribution in [0.25, 0.3) is 10.9 Å². The number of carbonyl (C=O) groups excluding carboxylic acids is 1. The molecular formula is C27H24FN3O5. The molecule has 9 heteroatoms. The number of aliphatic hydroxyl groups is 1. The van der Waals surface area contributed by atoms with E-state index in [4.69, 9.17) is 5.11 Å². The molecule has 0 bridgehead atoms. The Morgan fingerprint density at radius 3 is 2.47 bits per heavy atom. The molecule has 0 saturated carbocycles. The van der Waals surface area contributed by atoms with E-state index >= 15 is 0 Å². The second-order valence-electron chi connectivity index (χ2n) is 8.93. The summed E-state index contributed by atoms with van der Waals surface area (Å²) in [6, 6.07) is 17.3. The quantitative estimate of drug-likeness (QED) is 0.320. The number of nitrogens with zero attached hydrogens (tertiary/aromatic N) is 3. The summed E-state index contributed by atoms with van der Waals surface area (Å²) in [7, 11) is 0. The van der Waals surface area contributed by atoms with Crippen LogP contribution in [-0.2, 0) is 16.1 Å². The Morgan fingerprint density at radius 1 is 1.06 bits per heavy atom. The zero-order valence-corrected chi connectivity index (χ0v) is 19.2. The number of anilines is 1. The first-order chi connectivity index (χ1) is 17.3. The third-order valence-electron chi connectivity index (χ3n) is 6.64. The van der Waals surface area contributed by atoms with Gasteiger partial charge in [-0.15, -0.1) is 0 Å². The smallest absolute Gasteiger partial charge is 0.325 e. The first-order valence-electron chi connectivity index (χ1n) is 11.5. The van der Waals surface area contributed by atoms with Crippen LogP contribution in [0.1, 0.15) is 36.1 Å². The molecule has 1 aliphatic rings. The van der Waals surface area contributed by atoms with Crippen molar-refractivity contribution in [3.8, 4) is 5.75 Å². The Kier molecular flexibility index (Phi) is 6.15. The number of β-lactam (4-membered cyclic amide) rings is 1. The molecule has 1 fully saturated rings. The van der Waals surface area contributed by atoms with E-state index in [0.29, 0.717) is 35.0 Å². The molecule has 0 unspecified atom stereocenters. The Hall–Kier alpha value is -4.24. The largest absolute Gasteiger partial charge is 0.508 e. The van der Waals surface area contributed by atoms with Crippen LogP contribution in [0.15, 0.2) is 72.9 Å². The summed E-state index contributed by atoms with van der Waals surface area (Å²) in [4.78, 5) is 26.1. The molecule has 1 aliphatic heterocycles. The van der Waals surface area contributed by atoms with Crippen LogP contribution in [0.4, 0.5) is 10.1 Å².